The molecule has 19 heavy (non-hydrogen) atoms. The number of halogens is 1. The molecule has 0 fully saturated rings. The minimum absolute atomic E-state index is 0.127. The van der Waals surface area contributed by atoms with Gasteiger partial charge in [0.1, 0.15) is 11.6 Å². The van der Waals surface area contributed by atoms with Crippen molar-refractivity contribution in [3.63, 3.8) is 0 Å². The Morgan fingerprint density at radius 2 is 2.11 bits per heavy atom. The number of nitrogens with two attached hydrogens (primary N) is 1. The van der Waals surface area contributed by atoms with Gasteiger partial charge in [0.15, 0.2) is 12.4 Å². The maximum atomic E-state index is 13.4. The van der Waals surface area contributed by atoms with Crippen LogP contribution in [0.3, 0.4) is 0 Å². The van der Waals surface area contributed by atoms with E-state index in [0.29, 0.717) is 0 Å². The second kappa shape index (κ2) is 5.34. The van der Waals surface area contributed by atoms with Gasteiger partial charge >= 0.3 is 0 Å². The molecule has 0 radical (unpaired) electrons. The zero-order valence-electron chi connectivity index (χ0n) is 9.76. The molecule has 1 heterocycles. The van der Waals surface area contributed by atoms with Gasteiger partial charge in [0, 0.05) is 6.07 Å². The Morgan fingerprint density at radius 1 is 1.32 bits per heavy atom. The monoisotopic (exact) mass is 263 g/mol. The number of furan rings is 1. The molecule has 98 valence electrons. The lowest BCUT2D eigenvalue weighted by molar-refractivity contribution is 0.0892. The van der Waals surface area contributed by atoms with Gasteiger partial charge < -0.3 is 14.9 Å². The van der Waals surface area contributed by atoms with Crippen molar-refractivity contribution in [3.05, 3.63) is 53.7 Å². The van der Waals surface area contributed by atoms with Crippen LogP contribution in [0, 0.1) is 5.82 Å². The van der Waals surface area contributed by atoms with Crippen LogP contribution in [0.5, 0.6) is 5.75 Å². The van der Waals surface area contributed by atoms with Crippen LogP contribution in [0.1, 0.15) is 20.9 Å². The number of hydrogen-bond donors (Lipinski definition) is 1. The van der Waals surface area contributed by atoms with E-state index in [0.717, 1.165) is 6.07 Å². The number of Topliss-reactive ketones (excluding diaryl/α,β-unsaturated/α-hetero) is 1. The Bertz CT molecular complexity index is 607. The third-order valence-corrected chi connectivity index (χ3v) is 2.37. The third-order valence-electron chi connectivity index (χ3n) is 2.37. The molecule has 0 aliphatic heterocycles. The first-order valence-corrected chi connectivity index (χ1v) is 5.37. The Morgan fingerprint density at radius 3 is 2.68 bits per heavy atom. The summed E-state index contributed by atoms with van der Waals surface area (Å²) in [7, 11) is 0. The molecule has 5 nitrogen and oxygen atoms in total. The fraction of sp³-hybridized carbons (Fsp3) is 0.0769. The van der Waals surface area contributed by atoms with E-state index >= 15 is 0 Å². The van der Waals surface area contributed by atoms with Gasteiger partial charge in [-0.15, -0.1) is 0 Å². The topological polar surface area (TPSA) is 82.5 Å². The van der Waals surface area contributed by atoms with E-state index in [-0.39, 0.29) is 29.5 Å². The van der Waals surface area contributed by atoms with Gasteiger partial charge in [-0.2, -0.15) is 0 Å². The van der Waals surface area contributed by atoms with E-state index in [9.17, 15) is 14.0 Å². The number of rotatable bonds is 5. The van der Waals surface area contributed by atoms with Gasteiger partial charge in [-0.25, -0.2) is 4.39 Å². The van der Waals surface area contributed by atoms with E-state index in [1.807, 2.05) is 0 Å². The van der Waals surface area contributed by atoms with Crippen molar-refractivity contribution in [1.29, 1.82) is 0 Å². The SMILES string of the molecule is NC(=O)c1ccc(OCC(=O)c2ccco2)cc1F. The lowest BCUT2D eigenvalue weighted by atomic mass is 10.2. The first kappa shape index (κ1) is 12.8. The number of benzene rings is 1. The zero-order valence-corrected chi connectivity index (χ0v) is 9.76. The average Bonchev–Trinajstić information content (AvgIpc) is 2.89. The molecule has 1 aromatic carbocycles. The first-order chi connectivity index (χ1) is 9.08. The van der Waals surface area contributed by atoms with Crippen molar-refractivity contribution in [2.24, 2.45) is 5.73 Å². The highest BCUT2D eigenvalue weighted by atomic mass is 19.1. The van der Waals surface area contributed by atoms with Crippen LogP contribution in [0.4, 0.5) is 4.39 Å². The van der Waals surface area contributed by atoms with Gasteiger partial charge in [0.25, 0.3) is 5.91 Å². The fourth-order valence-electron chi connectivity index (χ4n) is 1.44. The zero-order chi connectivity index (χ0) is 13.8. The highest BCUT2D eigenvalue weighted by molar-refractivity contribution is 5.94. The van der Waals surface area contributed by atoms with E-state index in [2.05, 4.69) is 0 Å². The number of carbonyl (C=O) groups excluding carboxylic acids is 2. The van der Waals surface area contributed by atoms with Gasteiger partial charge in [0.05, 0.1) is 11.8 Å². The number of amides is 1. The molecule has 0 aliphatic carbocycles. The largest absolute Gasteiger partial charge is 0.485 e. The van der Waals surface area contributed by atoms with Gasteiger partial charge in [0.2, 0.25) is 5.78 Å². The highest BCUT2D eigenvalue weighted by Crippen LogP contribution is 2.16. The van der Waals surface area contributed by atoms with Crippen molar-refractivity contribution in [3.8, 4) is 5.75 Å². The normalized spacial score (nSPS) is 10.2. The van der Waals surface area contributed by atoms with Gasteiger partial charge in [-0.3, -0.25) is 9.59 Å². The Kier molecular flexibility index (Phi) is 3.61. The van der Waals surface area contributed by atoms with Crippen molar-refractivity contribution >= 4 is 11.7 Å². The van der Waals surface area contributed by atoms with Crippen molar-refractivity contribution in [2.45, 2.75) is 0 Å². The predicted octanol–water partition coefficient (Wildman–Crippen LogP) is 1.78. The molecule has 0 atom stereocenters. The molecule has 0 bridgehead atoms. The summed E-state index contributed by atoms with van der Waals surface area (Å²) < 4.78 is 23.4. The van der Waals surface area contributed by atoms with Crippen LogP contribution in [-0.2, 0) is 0 Å². The van der Waals surface area contributed by atoms with Crippen molar-refractivity contribution in [1.82, 2.24) is 0 Å². The maximum Gasteiger partial charge on any atom is 0.251 e. The molecule has 0 saturated heterocycles. The highest BCUT2D eigenvalue weighted by Gasteiger charge is 2.12. The van der Waals surface area contributed by atoms with Crippen molar-refractivity contribution in [2.75, 3.05) is 6.61 Å². The average molecular weight is 263 g/mol. The number of primary amides is 1. The van der Waals surface area contributed by atoms with Crippen molar-refractivity contribution < 1.29 is 23.1 Å². The molecule has 1 aromatic heterocycles. The Balaban J connectivity index is 2.02. The summed E-state index contributed by atoms with van der Waals surface area (Å²) in [5.74, 6) is -1.74. The Labute approximate surface area is 107 Å². The van der Waals surface area contributed by atoms with Gasteiger partial charge in [-0.05, 0) is 24.3 Å². The molecule has 2 N–H and O–H groups in total. The maximum absolute atomic E-state index is 13.4. The summed E-state index contributed by atoms with van der Waals surface area (Å²) in [5.41, 5.74) is 4.73. The summed E-state index contributed by atoms with van der Waals surface area (Å²) in [6.45, 7) is -0.289. The van der Waals surface area contributed by atoms with Gasteiger partial charge in [-0.1, -0.05) is 0 Å². The summed E-state index contributed by atoms with van der Waals surface area (Å²) in [4.78, 5) is 22.4. The minimum Gasteiger partial charge on any atom is -0.485 e. The first-order valence-electron chi connectivity index (χ1n) is 5.37. The van der Waals surface area contributed by atoms with Crippen LogP contribution in [0.2, 0.25) is 0 Å². The predicted molar refractivity (Wildman–Crippen MR) is 63.5 cm³/mol. The summed E-state index contributed by atoms with van der Waals surface area (Å²) in [6, 6.07) is 6.63. The fourth-order valence-corrected chi connectivity index (χ4v) is 1.44. The molecule has 2 rings (SSSR count). The molecule has 2 aromatic rings. The van der Waals surface area contributed by atoms with Crippen LogP contribution in [-0.4, -0.2) is 18.3 Å². The van der Waals surface area contributed by atoms with E-state index in [4.69, 9.17) is 14.9 Å². The molecule has 6 heteroatoms. The number of hydrogen-bond acceptors (Lipinski definition) is 4. The van der Waals surface area contributed by atoms with E-state index in [1.165, 1.54) is 24.5 Å². The molecule has 0 saturated carbocycles. The molecular formula is C13H10FNO4. The van der Waals surface area contributed by atoms with Crippen LogP contribution in [0.25, 0.3) is 0 Å². The summed E-state index contributed by atoms with van der Waals surface area (Å²) >= 11 is 0. The second-order valence-corrected chi connectivity index (χ2v) is 3.70. The minimum atomic E-state index is -0.865. The van der Waals surface area contributed by atoms with E-state index < -0.39 is 11.7 Å². The molecular weight excluding hydrogens is 253 g/mol. The number of carbonyl (C=O) groups is 2. The van der Waals surface area contributed by atoms with Crippen LogP contribution >= 0.6 is 0 Å². The standard InChI is InChI=1S/C13H10FNO4/c14-10-6-8(3-4-9(10)13(15)17)19-7-11(16)12-2-1-5-18-12/h1-6H,7H2,(H2,15,17). The molecule has 0 spiro atoms. The number of ether oxygens (including phenoxy) is 1. The quantitative estimate of drug-likeness (QED) is 0.833. The second-order valence-electron chi connectivity index (χ2n) is 3.70. The summed E-state index contributed by atoms with van der Waals surface area (Å²) in [6.07, 6.45) is 1.37. The molecule has 0 unspecified atom stereocenters. The summed E-state index contributed by atoms with van der Waals surface area (Å²) in [5, 5.41) is 0. The third kappa shape index (κ3) is 2.98. The molecule has 1 amide bonds. The lowest BCUT2D eigenvalue weighted by Gasteiger charge is -2.05. The number of ketones is 1. The Hall–Kier alpha value is -2.63. The smallest absolute Gasteiger partial charge is 0.251 e. The van der Waals surface area contributed by atoms with E-state index in [1.54, 1.807) is 6.07 Å². The van der Waals surface area contributed by atoms with Crippen LogP contribution in [0.15, 0.2) is 41.0 Å². The molecule has 0 aliphatic rings. The lowest BCUT2D eigenvalue weighted by Crippen LogP contribution is -2.14. The van der Waals surface area contributed by atoms with Crippen LogP contribution < -0.4 is 10.5 Å².